The number of aromatic hydroxyl groups is 1. The summed E-state index contributed by atoms with van der Waals surface area (Å²) >= 11 is 0. The van der Waals surface area contributed by atoms with Gasteiger partial charge in [0.15, 0.2) is 0 Å². The summed E-state index contributed by atoms with van der Waals surface area (Å²) in [5, 5.41) is 9.31. The van der Waals surface area contributed by atoms with Crippen LogP contribution in [0.5, 0.6) is 11.5 Å². The van der Waals surface area contributed by atoms with Gasteiger partial charge in [-0.2, -0.15) is 0 Å². The van der Waals surface area contributed by atoms with Crippen molar-refractivity contribution >= 4 is 0 Å². The largest absolute Gasteiger partial charge is 0.508 e. The Bertz CT molecular complexity index is 480. The molecule has 4 heteroatoms. The third-order valence-electron chi connectivity index (χ3n) is 2.47. The highest BCUT2D eigenvalue weighted by molar-refractivity contribution is 5.31. The molecule has 0 fully saturated rings. The lowest BCUT2D eigenvalue weighted by Gasteiger charge is -2.08. The molecule has 4 nitrogen and oxygen atoms in total. The van der Waals surface area contributed by atoms with Crippen LogP contribution in [0.4, 0.5) is 0 Å². The molecule has 0 amide bonds. The Morgan fingerprint density at radius 2 is 2.29 bits per heavy atom. The van der Waals surface area contributed by atoms with Crippen LogP contribution < -0.4 is 4.74 Å². The quantitative estimate of drug-likeness (QED) is 0.861. The second-order valence-corrected chi connectivity index (χ2v) is 3.86. The van der Waals surface area contributed by atoms with Crippen molar-refractivity contribution in [1.29, 1.82) is 0 Å². The fourth-order valence-electron chi connectivity index (χ4n) is 1.64. The average molecular weight is 232 g/mol. The molecule has 0 aliphatic heterocycles. The van der Waals surface area contributed by atoms with E-state index in [4.69, 9.17) is 4.74 Å². The lowest BCUT2D eigenvalue weighted by molar-refractivity contribution is 0.293. The van der Waals surface area contributed by atoms with Gasteiger partial charge in [-0.1, -0.05) is 13.0 Å². The summed E-state index contributed by atoms with van der Waals surface area (Å²) in [5.74, 6) is 0.874. The van der Waals surface area contributed by atoms with Crippen molar-refractivity contribution in [3.8, 4) is 11.5 Å². The fraction of sp³-hybridized carbons (Fsp3) is 0.308. The number of phenols is 1. The van der Waals surface area contributed by atoms with E-state index in [0.717, 1.165) is 18.7 Å². The molecule has 0 unspecified atom stereocenters. The topological polar surface area (TPSA) is 47.3 Å². The van der Waals surface area contributed by atoms with E-state index in [2.05, 4.69) is 16.5 Å². The molecule has 2 rings (SSSR count). The molecule has 17 heavy (non-hydrogen) atoms. The molecule has 2 aromatic rings. The zero-order valence-corrected chi connectivity index (χ0v) is 9.84. The van der Waals surface area contributed by atoms with E-state index in [-0.39, 0.29) is 5.75 Å². The maximum atomic E-state index is 9.31. The number of aromatic nitrogens is 2. The van der Waals surface area contributed by atoms with Crippen LogP contribution in [-0.2, 0) is 13.2 Å². The zero-order valence-electron chi connectivity index (χ0n) is 9.84. The first-order chi connectivity index (χ1) is 8.29. The van der Waals surface area contributed by atoms with Gasteiger partial charge in [-0.15, -0.1) is 0 Å². The lowest BCUT2D eigenvalue weighted by Crippen LogP contribution is -2.04. The average Bonchev–Trinajstić information content (AvgIpc) is 2.75. The highest BCUT2D eigenvalue weighted by atomic mass is 16.5. The van der Waals surface area contributed by atoms with Crippen LogP contribution in [0.25, 0.3) is 0 Å². The van der Waals surface area contributed by atoms with Crippen LogP contribution in [0.3, 0.4) is 0 Å². The van der Waals surface area contributed by atoms with Gasteiger partial charge in [0, 0.05) is 12.6 Å². The van der Waals surface area contributed by atoms with E-state index >= 15 is 0 Å². The Morgan fingerprint density at radius 1 is 1.41 bits per heavy atom. The second kappa shape index (κ2) is 5.39. The van der Waals surface area contributed by atoms with Gasteiger partial charge in [0.05, 0.1) is 18.2 Å². The smallest absolute Gasteiger partial charge is 0.130 e. The number of rotatable bonds is 5. The Labute approximate surface area is 100 Å². The number of hydrogen-bond donors (Lipinski definition) is 1. The Kier molecular flexibility index (Phi) is 3.65. The van der Waals surface area contributed by atoms with Crippen molar-refractivity contribution in [2.45, 2.75) is 26.5 Å². The predicted octanol–water partition coefficient (Wildman–Crippen LogP) is 2.58. The molecule has 0 saturated heterocycles. The molecule has 0 atom stereocenters. The van der Waals surface area contributed by atoms with Gasteiger partial charge in [0.1, 0.15) is 18.1 Å². The molecule has 0 aliphatic rings. The summed E-state index contributed by atoms with van der Waals surface area (Å²) in [6, 6.07) is 6.79. The van der Waals surface area contributed by atoms with Gasteiger partial charge >= 0.3 is 0 Å². The minimum Gasteiger partial charge on any atom is -0.508 e. The van der Waals surface area contributed by atoms with Crippen LogP contribution >= 0.6 is 0 Å². The molecule has 1 N–H and O–H groups in total. The molecule has 0 saturated carbocycles. The van der Waals surface area contributed by atoms with Crippen LogP contribution in [0.15, 0.2) is 36.8 Å². The minimum absolute atomic E-state index is 0.213. The molecule has 1 heterocycles. The first-order valence-electron chi connectivity index (χ1n) is 5.70. The summed E-state index contributed by atoms with van der Waals surface area (Å²) in [4.78, 5) is 4.10. The summed E-state index contributed by atoms with van der Waals surface area (Å²) in [6.07, 6.45) is 4.68. The van der Waals surface area contributed by atoms with Crippen molar-refractivity contribution in [2.75, 3.05) is 0 Å². The van der Waals surface area contributed by atoms with Crippen LogP contribution in [-0.4, -0.2) is 14.7 Å². The van der Waals surface area contributed by atoms with Crippen molar-refractivity contribution in [3.63, 3.8) is 0 Å². The molecule has 1 aromatic heterocycles. The standard InChI is InChI=1S/C13H16N2O2/c1-2-6-15-10-14-8-11(15)9-17-13-5-3-4-12(16)7-13/h3-5,7-8,10,16H,2,6,9H2,1H3. The zero-order chi connectivity index (χ0) is 12.1. The number of aryl methyl sites for hydroxylation is 1. The number of hydrogen-bond acceptors (Lipinski definition) is 3. The lowest BCUT2D eigenvalue weighted by atomic mass is 10.3. The van der Waals surface area contributed by atoms with E-state index in [0.29, 0.717) is 12.4 Å². The van der Waals surface area contributed by atoms with E-state index < -0.39 is 0 Å². The van der Waals surface area contributed by atoms with Crippen LogP contribution in [0.2, 0.25) is 0 Å². The van der Waals surface area contributed by atoms with E-state index in [1.165, 1.54) is 0 Å². The fourth-order valence-corrected chi connectivity index (χ4v) is 1.64. The summed E-state index contributed by atoms with van der Waals surface area (Å²) in [5.41, 5.74) is 1.04. The highest BCUT2D eigenvalue weighted by Crippen LogP contribution is 2.18. The van der Waals surface area contributed by atoms with Crippen molar-refractivity contribution < 1.29 is 9.84 Å². The number of nitrogens with zero attached hydrogens (tertiary/aromatic N) is 2. The normalized spacial score (nSPS) is 10.4. The van der Waals surface area contributed by atoms with Gasteiger partial charge in [-0.25, -0.2) is 4.98 Å². The number of phenolic OH excluding ortho intramolecular Hbond substituents is 1. The number of imidazole rings is 1. The van der Waals surface area contributed by atoms with Gasteiger partial charge in [0.25, 0.3) is 0 Å². The number of benzene rings is 1. The van der Waals surface area contributed by atoms with Gasteiger partial charge < -0.3 is 14.4 Å². The number of ether oxygens (including phenoxy) is 1. The van der Waals surface area contributed by atoms with Gasteiger partial charge in [0.2, 0.25) is 0 Å². The molecular weight excluding hydrogens is 216 g/mol. The van der Waals surface area contributed by atoms with E-state index in [1.54, 1.807) is 24.4 Å². The second-order valence-electron chi connectivity index (χ2n) is 3.86. The van der Waals surface area contributed by atoms with Crippen molar-refractivity contribution in [3.05, 3.63) is 42.5 Å². The van der Waals surface area contributed by atoms with Crippen molar-refractivity contribution in [1.82, 2.24) is 9.55 Å². The van der Waals surface area contributed by atoms with Crippen LogP contribution in [0, 0.1) is 0 Å². The monoisotopic (exact) mass is 232 g/mol. The molecule has 0 spiro atoms. The molecular formula is C13H16N2O2. The molecule has 1 aromatic carbocycles. The molecule has 90 valence electrons. The predicted molar refractivity (Wildman–Crippen MR) is 65.0 cm³/mol. The van der Waals surface area contributed by atoms with Gasteiger partial charge in [-0.05, 0) is 18.6 Å². The summed E-state index contributed by atoms with van der Waals surface area (Å²) < 4.78 is 7.67. The molecule has 0 aliphatic carbocycles. The maximum absolute atomic E-state index is 9.31. The third kappa shape index (κ3) is 3.00. The van der Waals surface area contributed by atoms with Crippen molar-refractivity contribution in [2.24, 2.45) is 0 Å². The Balaban J connectivity index is 1.99. The minimum atomic E-state index is 0.213. The molecule has 0 radical (unpaired) electrons. The van der Waals surface area contributed by atoms with E-state index in [9.17, 15) is 5.11 Å². The molecule has 0 bridgehead atoms. The third-order valence-corrected chi connectivity index (χ3v) is 2.47. The van der Waals surface area contributed by atoms with Gasteiger partial charge in [-0.3, -0.25) is 0 Å². The first-order valence-corrected chi connectivity index (χ1v) is 5.70. The first kappa shape index (κ1) is 11.5. The maximum Gasteiger partial charge on any atom is 0.130 e. The Hall–Kier alpha value is -1.97. The van der Waals surface area contributed by atoms with Crippen LogP contribution in [0.1, 0.15) is 19.0 Å². The highest BCUT2D eigenvalue weighted by Gasteiger charge is 2.02. The summed E-state index contributed by atoms with van der Waals surface area (Å²) in [7, 11) is 0. The Morgan fingerprint density at radius 3 is 3.06 bits per heavy atom. The SMILES string of the molecule is CCCn1cncc1COc1cccc(O)c1. The van der Waals surface area contributed by atoms with E-state index in [1.807, 2.05) is 12.4 Å². The summed E-state index contributed by atoms with van der Waals surface area (Å²) in [6.45, 7) is 3.53.